The number of hydrogen-bond donors (Lipinski definition) is 1. The SMILES string of the molecule is Cc1cccc(NC(=O)c2ccccc2OC(F)F)n1. The summed E-state index contributed by atoms with van der Waals surface area (Å²) in [4.78, 5) is 16.2. The third-order valence-corrected chi connectivity index (χ3v) is 2.48. The van der Waals surface area contributed by atoms with Crippen LogP contribution in [0.25, 0.3) is 0 Å². The molecule has 2 aromatic rings. The standard InChI is InChI=1S/C14H12F2N2O2/c1-9-5-4-8-12(17-9)18-13(19)10-6-2-3-7-11(10)20-14(15)16/h2-8,14H,1H3,(H,17,18,19). The molecule has 0 aliphatic heterocycles. The molecule has 1 N–H and O–H groups in total. The van der Waals surface area contributed by atoms with Crippen molar-refractivity contribution in [2.24, 2.45) is 0 Å². The maximum atomic E-state index is 12.3. The zero-order valence-electron chi connectivity index (χ0n) is 10.6. The van der Waals surface area contributed by atoms with Gasteiger partial charge in [-0.15, -0.1) is 0 Å². The van der Waals surface area contributed by atoms with E-state index in [1.165, 1.54) is 18.2 Å². The highest BCUT2D eigenvalue weighted by Gasteiger charge is 2.15. The number of aromatic nitrogens is 1. The number of carbonyl (C=O) groups is 1. The van der Waals surface area contributed by atoms with E-state index in [0.717, 1.165) is 5.69 Å². The molecule has 0 radical (unpaired) electrons. The molecule has 0 atom stereocenters. The molecule has 2 rings (SSSR count). The number of nitrogens with one attached hydrogen (secondary N) is 1. The van der Waals surface area contributed by atoms with Crippen LogP contribution in [0.4, 0.5) is 14.6 Å². The van der Waals surface area contributed by atoms with Gasteiger partial charge in [0.15, 0.2) is 0 Å². The average Bonchev–Trinajstić information content (AvgIpc) is 2.38. The molecular formula is C14H12F2N2O2. The molecule has 0 saturated carbocycles. The van der Waals surface area contributed by atoms with Gasteiger partial charge < -0.3 is 10.1 Å². The highest BCUT2D eigenvalue weighted by atomic mass is 19.3. The van der Waals surface area contributed by atoms with Crippen molar-refractivity contribution in [2.75, 3.05) is 5.32 Å². The second-order valence-electron chi connectivity index (χ2n) is 3.99. The highest BCUT2D eigenvalue weighted by molar-refractivity contribution is 6.05. The fourth-order valence-electron chi connectivity index (χ4n) is 1.65. The van der Waals surface area contributed by atoms with Crippen LogP contribution in [0.15, 0.2) is 42.5 Å². The Kier molecular flexibility index (Phi) is 4.24. The van der Waals surface area contributed by atoms with Crippen LogP contribution >= 0.6 is 0 Å². The lowest BCUT2D eigenvalue weighted by molar-refractivity contribution is -0.0501. The van der Waals surface area contributed by atoms with Gasteiger partial charge in [0.2, 0.25) is 0 Å². The second-order valence-corrected chi connectivity index (χ2v) is 3.99. The molecular weight excluding hydrogens is 266 g/mol. The fourth-order valence-corrected chi connectivity index (χ4v) is 1.65. The molecule has 0 aliphatic rings. The third kappa shape index (κ3) is 3.50. The summed E-state index contributed by atoms with van der Waals surface area (Å²) >= 11 is 0. The van der Waals surface area contributed by atoms with Crippen LogP contribution in [0.1, 0.15) is 16.1 Å². The van der Waals surface area contributed by atoms with Crippen molar-refractivity contribution in [3.05, 3.63) is 53.7 Å². The number of para-hydroxylation sites is 1. The van der Waals surface area contributed by atoms with E-state index in [4.69, 9.17) is 0 Å². The summed E-state index contributed by atoms with van der Waals surface area (Å²) in [6, 6.07) is 10.9. The molecule has 0 spiro atoms. The molecule has 1 heterocycles. The number of pyridine rings is 1. The summed E-state index contributed by atoms with van der Waals surface area (Å²) in [7, 11) is 0. The van der Waals surface area contributed by atoms with Crippen molar-refractivity contribution in [3.63, 3.8) is 0 Å². The molecule has 0 aliphatic carbocycles. The Hall–Kier alpha value is -2.50. The van der Waals surface area contributed by atoms with Crippen molar-refractivity contribution in [3.8, 4) is 5.75 Å². The number of carbonyl (C=O) groups excluding carboxylic acids is 1. The van der Waals surface area contributed by atoms with Crippen LogP contribution in [0.2, 0.25) is 0 Å². The van der Waals surface area contributed by atoms with Crippen LogP contribution in [0.3, 0.4) is 0 Å². The lowest BCUT2D eigenvalue weighted by Gasteiger charge is -2.10. The van der Waals surface area contributed by atoms with Crippen molar-refractivity contribution < 1.29 is 18.3 Å². The van der Waals surface area contributed by atoms with Gasteiger partial charge in [-0.25, -0.2) is 4.98 Å². The van der Waals surface area contributed by atoms with Crippen LogP contribution in [-0.4, -0.2) is 17.5 Å². The topological polar surface area (TPSA) is 51.2 Å². The van der Waals surface area contributed by atoms with E-state index in [1.54, 1.807) is 31.2 Å². The number of rotatable bonds is 4. The number of ether oxygens (including phenoxy) is 1. The lowest BCUT2D eigenvalue weighted by Crippen LogP contribution is -2.15. The number of anilines is 1. The Morgan fingerprint density at radius 1 is 1.20 bits per heavy atom. The first-order valence-corrected chi connectivity index (χ1v) is 5.85. The van der Waals surface area contributed by atoms with E-state index >= 15 is 0 Å². The van der Waals surface area contributed by atoms with Crippen molar-refractivity contribution in [2.45, 2.75) is 13.5 Å². The molecule has 20 heavy (non-hydrogen) atoms. The van der Waals surface area contributed by atoms with Crippen LogP contribution in [-0.2, 0) is 0 Å². The van der Waals surface area contributed by atoms with E-state index in [0.29, 0.717) is 5.82 Å². The second kappa shape index (κ2) is 6.10. The van der Waals surface area contributed by atoms with Gasteiger partial charge >= 0.3 is 6.61 Å². The Labute approximate surface area is 114 Å². The molecule has 0 bridgehead atoms. The van der Waals surface area contributed by atoms with Crippen molar-refractivity contribution in [1.29, 1.82) is 0 Å². The molecule has 1 aromatic carbocycles. The van der Waals surface area contributed by atoms with E-state index in [-0.39, 0.29) is 11.3 Å². The van der Waals surface area contributed by atoms with Gasteiger partial charge in [-0.1, -0.05) is 18.2 Å². The summed E-state index contributed by atoms with van der Waals surface area (Å²) in [5.74, 6) is -0.381. The number of aryl methyl sites for hydroxylation is 1. The monoisotopic (exact) mass is 278 g/mol. The maximum Gasteiger partial charge on any atom is 0.387 e. The number of alkyl halides is 2. The summed E-state index contributed by atoms with van der Waals surface area (Å²) in [6.45, 7) is -1.20. The summed E-state index contributed by atoms with van der Waals surface area (Å²) in [5, 5.41) is 2.54. The predicted octanol–water partition coefficient (Wildman–Crippen LogP) is 3.24. The first-order valence-electron chi connectivity index (χ1n) is 5.85. The molecule has 1 amide bonds. The Bertz CT molecular complexity index is 618. The number of benzene rings is 1. The van der Waals surface area contributed by atoms with Crippen LogP contribution < -0.4 is 10.1 Å². The smallest absolute Gasteiger partial charge is 0.387 e. The van der Waals surface area contributed by atoms with Gasteiger partial charge in [-0.2, -0.15) is 8.78 Å². The molecule has 0 saturated heterocycles. The number of nitrogens with zero attached hydrogens (tertiary/aromatic N) is 1. The molecule has 104 valence electrons. The lowest BCUT2D eigenvalue weighted by atomic mass is 10.2. The number of halogens is 2. The van der Waals surface area contributed by atoms with E-state index < -0.39 is 12.5 Å². The molecule has 0 unspecified atom stereocenters. The number of hydrogen-bond acceptors (Lipinski definition) is 3. The molecule has 6 heteroatoms. The van der Waals surface area contributed by atoms with E-state index in [9.17, 15) is 13.6 Å². The minimum absolute atomic E-state index is 0.0242. The zero-order valence-corrected chi connectivity index (χ0v) is 10.6. The Morgan fingerprint density at radius 3 is 2.65 bits per heavy atom. The average molecular weight is 278 g/mol. The highest BCUT2D eigenvalue weighted by Crippen LogP contribution is 2.21. The Morgan fingerprint density at radius 2 is 1.95 bits per heavy atom. The van der Waals surface area contributed by atoms with Crippen LogP contribution in [0, 0.1) is 6.92 Å². The van der Waals surface area contributed by atoms with Crippen molar-refractivity contribution in [1.82, 2.24) is 4.98 Å². The van der Waals surface area contributed by atoms with Gasteiger partial charge in [0, 0.05) is 5.69 Å². The first-order chi connectivity index (χ1) is 9.56. The van der Waals surface area contributed by atoms with E-state index in [1.807, 2.05) is 0 Å². The number of amides is 1. The summed E-state index contributed by atoms with van der Waals surface area (Å²) < 4.78 is 28.9. The summed E-state index contributed by atoms with van der Waals surface area (Å²) in [5.41, 5.74) is 0.760. The largest absolute Gasteiger partial charge is 0.434 e. The van der Waals surface area contributed by atoms with E-state index in [2.05, 4.69) is 15.0 Å². The normalized spacial score (nSPS) is 10.4. The van der Waals surface area contributed by atoms with Gasteiger partial charge in [0.05, 0.1) is 5.56 Å². The minimum atomic E-state index is -2.99. The van der Waals surface area contributed by atoms with Gasteiger partial charge in [-0.05, 0) is 31.2 Å². The van der Waals surface area contributed by atoms with Crippen LogP contribution in [0.5, 0.6) is 5.75 Å². The van der Waals surface area contributed by atoms with Crippen molar-refractivity contribution >= 4 is 11.7 Å². The Balaban J connectivity index is 2.21. The molecule has 0 fully saturated rings. The summed E-state index contributed by atoms with van der Waals surface area (Å²) in [6.07, 6.45) is 0. The predicted molar refractivity (Wildman–Crippen MR) is 70.0 cm³/mol. The maximum absolute atomic E-state index is 12.3. The minimum Gasteiger partial charge on any atom is -0.434 e. The van der Waals surface area contributed by atoms with Gasteiger partial charge in [0.25, 0.3) is 5.91 Å². The zero-order chi connectivity index (χ0) is 14.5. The van der Waals surface area contributed by atoms with Gasteiger partial charge in [0.1, 0.15) is 11.6 Å². The third-order valence-electron chi connectivity index (χ3n) is 2.48. The quantitative estimate of drug-likeness (QED) is 0.934. The fraction of sp³-hybridized carbons (Fsp3) is 0.143. The molecule has 1 aromatic heterocycles. The first kappa shape index (κ1) is 13.9. The molecule has 4 nitrogen and oxygen atoms in total. The van der Waals surface area contributed by atoms with Gasteiger partial charge in [-0.3, -0.25) is 4.79 Å².